The lowest BCUT2D eigenvalue weighted by molar-refractivity contribution is 0.199. The van der Waals surface area contributed by atoms with Gasteiger partial charge in [0.15, 0.2) is 0 Å². The Labute approximate surface area is 83.7 Å². The molecule has 0 aromatic heterocycles. The highest BCUT2D eigenvalue weighted by Gasteiger charge is 1.89. The minimum atomic E-state index is -0.0306. The molecule has 1 nitrogen and oxygen atoms in total. The van der Waals surface area contributed by atoms with Crippen LogP contribution >= 0.6 is 11.6 Å². The minimum Gasteiger partial charge on any atom is -0.236 e. The summed E-state index contributed by atoms with van der Waals surface area (Å²) in [4.78, 5) is 0. The largest absolute Gasteiger partial charge is 0.236 e. The quantitative estimate of drug-likeness (QED) is 0.658. The molecule has 0 saturated heterocycles. The summed E-state index contributed by atoms with van der Waals surface area (Å²) in [7, 11) is 0. The molecule has 0 bridgehead atoms. The van der Waals surface area contributed by atoms with E-state index in [2.05, 4.69) is 0 Å². The summed E-state index contributed by atoms with van der Waals surface area (Å²) in [5, 5.41) is 10.9. The van der Waals surface area contributed by atoms with Gasteiger partial charge in [-0.15, -0.1) is 0 Å². The molecule has 0 aliphatic carbocycles. The fraction of sp³-hybridized carbons (Fsp3) is 0.273. The highest BCUT2D eigenvalue weighted by Crippen LogP contribution is 2.10. The van der Waals surface area contributed by atoms with Crippen molar-refractivity contribution in [3.8, 4) is 0 Å². The molecule has 1 aromatic carbocycles. The molecule has 0 fully saturated rings. The number of hydrogen-bond acceptors (Lipinski definition) is 0. The summed E-state index contributed by atoms with van der Waals surface area (Å²) in [5.41, 5.74) is 1.21. The Morgan fingerprint density at radius 2 is 1.85 bits per heavy atom. The highest BCUT2D eigenvalue weighted by molar-refractivity contribution is 6.30. The first-order valence-corrected chi connectivity index (χ1v) is 4.68. The van der Waals surface area contributed by atoms with Gasteiger partial charge in [0, 0.05) is 5.02 Å². The van der Waals surface area contributed by atoms with Gasteiger partial charge in [-0.1, -0.05) is 35.9 Å². The van der Waals surface area contributed by atoms with Crippen molar-refractivity contribution in [2.75, 3.05) is 6.61 Å². The molecule has 1 radical (unpaired) electrons. The lowest BCUT2D eigenvalue weighted by Crippen LogP contribution is -1.80. The molecule has 69 valence electrons. The molecule has 1 aromatic rings. The second kappa shape index (κ2) is 5.79. The van der Waals surface area contributed by atoms with Crippen molar-refractivity contribution in [3.05, 3.63) is 47.0 Å². The molecule has 0 heterocycles. The van der Waals surface area contributed by atoms with Crippen LogP contribution in [0.3, 0.4) is 0 Å². The fourth-order valence-corrected chi connectivity index (χ4v) is 1.15. The zero-order valence-electron chi connectivity index (χ0n) is 7.37. The number of hydrogen-bond donors (Lipinski definition) is 0. The third kappa shape index (κ3) is 4.11. The predicted molar refractivity (Wildman–Crippen MR) is 54.5 cm³/mol. The van der Waals surface area contributed by atoms with Gasteiger partial charge in [0.1, 0.15) is 0 Å². The van der Waals surface area contributed by atoms with Crippen molar-refractivity contribution < 1.29 is 5.11 Å². The SMILES string of the molecule is [O]CC/C=C/Cc1ccc(Cl)cc1. The summed E-state index contributed by atoms with van der Waals surface area (Å²) in [6.45, 7) is -0.0306. The van der Waals surface area contributed by atoms with Crippen LogP contribution < -0.4 is 0 Å². The third-order valence-electron chi connectivity index (χ3n) is 1.72. The van der Waals surface area contributed by atoms with E-state index in [9.17, 15) is 5.11 Å². The molecule has 0 atom stereocenters. The molecule has 0 aliphatic heterocycles. The van der Waals surface area contributed by atoms with Crippen LogP contribution in [0, 0.1) is 0 Å². The van der Waals surface area contributed by atoms with E-state index < -0.39 is 0 Å². The summed E-state index contributed by atoms with van der Waals surface area (Å²) in [5.74, 6) is 0. The van der Waals surface area contributed by atoms with Gasteiger partial charge in [0.05, 0.1) is 6.61 Å². The molecule has 0 saturated carbocycles. The Bertz CT molecular complexity index is 264. The third-order valence-corrected chi connectivity index (χ3v) is 1.97. The normalized spacial score (nSPS) is 10.9. The van der Waals surface area contributed by atoms with Gasteiger partial charge in [0.25, 0.3) is 0 Å². The molecular weight excluding hydrogens is 184 g/mol. The molecule has 0 spiro atoms. The van der Waals surface area contributed by atoms with Crippen LogP contribution in [0.4, 0.5) is 0 Å². The molecule has 0 N–H and O–H groups in total. The Morgan fingerprint density at radius 1 is 1.15 bits per heavy atom. The summed E-state index contributed by atoms with van der Waals surface area (Å²) >= 11 is 5.74. The lowest BCUT2D eigenvalue weighted by Gasteiger charge is -1.95. The first kappa shape index (κ1) is 10.3. The van der Waals surface area contributed by atoms with Crippen molar-refractivity contribution in [2.24, 2.45) is 0 Å². The van der Waals surface area contributed by atoms with Gasteiger partial charge >= 0.3 is 0 Å². The van der Waals surface area contributed by atoms with Gasteiger partial charge < -0.3 is 0 Å². The molecule has 0 amide bonds. The average molecular weight is 196 g/mol. The maximum Gasteiger partial charge on any atom is 0.0856 e. The summed E-state index contributed by atoms with van der Waals surface area (Å²) < 4.78 is 0. The van der Waals surface area contributed by atoms with Gasteiger partial charge in [0.2, 0.25) is 0 Å². The fourth-order valence-electron chi connectivity index (χ4n) is 1.03. The van der Waals surface area contributed by atoms with Crippen molar-refractivity contribution in [1.29, 1.82) is 0 Å². The Kier molecular flexibility index (Phi) is 4.58. The van der Waals surface area contributed by atoms with Crippen LogP contribution in [0.25, 0.3) is 0 Å². The van der Waals surface area contributed by atoms with Crippen molar-refractivity contribution in [1.82, 2.24) is 0 Å². The predicted octanol–water partition coefficient (Wildman–Crippen LogP) is 3.26. The number of halogens is 1. The van der Waals surface area contributed by atoms with E-state index in [1.807, 2.05) is 36.4 Å². The molecule has 0 unspecified atom stereocenters. The first-order chi connectivity index (χ1) is 6.33. The maximum atomic E-state index is 10.1. The molecule has 13 heavy (non-hydrogen) atoms. The average Bonchev–Trinajstić information content (AvgIpc) is 2.15. The van der Waals surface area contributed by atoms with Gasteiger partial charge in [-0.3, -0.25) is 0 Å². The Hall–Kier alpha value is -0.790. The van der Waals surface area contributed by atoms with E-state index in [0.717, 1.165) is 11.4 Å². The topological polar surface area (TPSA) is 19.9 Å². The molecule has 2 heteroatoms. The van der Waals surface area contributed by atoms with E-state index in [-0.39, 0.29) is 6.61 Å². The molecule has 0 aliphatic rings. The van der Waals surface area contributed by atoms with E-state index in [1.165, 1.54) is 5.56 Å². The Balaban J connectivity index is 2.41. The van der Waals surface area contributed by atoms with Crippen LogP contribution in [0.5, 0.6) is 0 Å². The van der Waals surface area contributed by atoms with Crippen LogP contribution in [-0.4, -0.2) is 6.61 Å². The number of benzene rings is 1. The lowest BCUT2D eigenvalue weighted by atomic mass is 10.1. The zero-order valence-corrected chi connectivity index (χ0v) is 8.13. The second-order valence-corrected chi connectivity index (χ2v) is 3.23. The monoisotopic (exact) mass is 195 g/mol. The van der Waals surface area contributed by atoms with Crippen LogP contribution in [-0.2, 0) is 11.5 Å². The zero-order chi connectivity index (χ0) is 9.52. The summed E-state index contributed by atoms with van der Waals surface area (Å²) in [6, 6.07) is 7.73. The first-order valence-electron chi connectivity index (χ1n) is 4.30. The van der Waals surface area contributed by atoms with Crippen molar-refractivity contribution >= 4 is 11.6 Å². The summed E-state index contributed by atoms with van der Waals surface area (Å²) in [6.07, 6.45) is 5.42. The highest BCUT2D eigenvalue weighted by atomic mass is 35.5. The standard InChI is InChI=1S/C11H12ClO/c12-11-7-5-10(6-8-11)4-2-1-3-9-13/h1-2,5-8H,3-4,9H2/b2-1+. The molecule has 1 rings (SSSR count). The van der Waals surface area contributed by atoms with Crippen LogP contribution in [0.15, 0.2) is 36.4 Å². The number of rotatable bonds is 4. The smallest absolute Gasteiger partial charge is 0.0856 e. The van der Waals surface area contributed by atoms with E-state index >= 15 is 0 Å². The van der Waals surface area contributed by atoms with Crippen molar-refractivity contribution in [3.63, 3.8) is 0 Å². The van der Waals surface area contributed by atoms with Gasteiger partial charge in [-0.25, -0.2) is 5.11 Å². The Morgan fingerprint density at radius 3 is 2.46 bits per heavy atom. The number of allylic oxidation sites excluding steroid dienone is 1. The van der Waals surface area contributed by atoms with E-state index in [4.69, 9.17) is 11.6 Å². The molecular formula is C11H12ClO. The van der Waals surface area contributed by atoms with Gasteiger partial charge in [-0.2, -0.15) is 0 Å². The van der Waals surface area contributed by atoms with Crippen LogP contribution in [0.2, 0.25) is 5.02 Å². The second-order valence-electron chi connectivity index (χ2n) is 2.79. The van der Waals surface area contributed by atoms with Gasteiger partial charge in [-0.05, 0) is 30.5 Å². The minimum absolute atomic E-state index is 0.0306. The van der Waals surface area contributed by atoms with Crippen LogP contribution in [0.1, 0.15) is 12.0 Å². The van der Waals surface area contributed by atoms with E-state index in [1.54, 1.807) is 0 Å². The van der Waals surface area contributed by atoms with E-state index in [0.29, 0.717) is 6.42 Å². The maximum absolute atomic E-state index is 10.1. The van der Waals surface area contributed by atoms with Crippen molar-refractivity contribution in [2.45, 2.75) is 12.8 Å².